The number of hydrogen-bond donors (Lipinski definition) is 1. The molecule has 0 aromatic rings. The Morgan fingerprint density at radius 1 is 1.48 bits per heavy atom. The van der Waals surface area contributed by atoms with Crippen LogP contribution in [-0.2, 0) is 28.6 Å². The van der Waals surface area contributed by atoms with Gasteiger partial charge in [0.1, 0.15) is 17.8 Å². The fourth-order valence-corrected chi connectivity index (χ4v) is 3.58. The first-order valence-electron chi connectivity index (χ1n) is 8.00. The van der Waals surface area contributed by atoms with Gasteiger partial charge < -0.3 is 13.7 Å². The number of hydrogen-bond acceptors (Lipinski definition) is 9. The molecule has 0 radical (unpaired) electrons. The van der Waals surface area contributed by atoms with Crippen LogP contribution in [0.15, 0.2) is 16.2 Å². The molecule has 13 heteroatoms. The van der Waals surface area contributed by atoms with Gasteiger partial charge in [0.05, 0.1) is 24.8 Å². The Morgan fingerprint density at radius 3 is 2.67 bits per heavy atom. The highest BCUT2D eigenvalue weighted by atomic mass is 32.2. The van der Waals surface area contributed by atoms with Crippen LogP contribution >= 0.6 is 12.1 Å². The number of halogens is 3. The molecule has 0 fully saturated rings. The van der Waals surface area contributed by atoms with Crippen molar-refractivity contribution in [2.45, 2.75) is 44.7 Å². The van der Waals surface area contributed by atoms with E-state index in [9.17, 15) is 26.4 Å². The van der Waals surface area contributed by atoms with E-state index in [-0.39, 0.29) is 44.3 Å². The lowest BCUT2D eigenvalue weighted by molar-refractivity contribution is -0.158. The first-order valence-corrected chi connectivity index (χ1v) is 10.2. The lowest BCUT2D eigenvalue weighted by Gasteiger charge is -2.33. The Hall–Kier alpha value is -1.47. The predicted octanol–water partition coefficient (Wildman–Crippen LogP) is 2.44. The number of alkyl halides is 3. The van der Waals surface area contributed by atoms with Gasteiger partial charge in [-0.15, -0.1) is 0 Å². The lowest BCUT2D eigenvalue weighted by atomic mass is 9.77. The summed E-state index contributed by atoms with van der Waals surface area (Å²) < 4.78 is 81.4. The number of rotatable bonds is 6. The quantitative estimate of drug-likeness (QED) is 0.295. The third-order valence-corrected chi connectivity index (χ3v) is 5.74. The Bertz CT molecular complexity index is 738. The molecule has 1 N–H and O–H groups in total. The number of nitrogens with one attached hydrogen (secondary N) is 1. The van der Waals surface area contributed by atoms with Gasteiger partial charge >= 0.3 is 21.6 Å². The second-order valence-corrected chi connectivity index (χ2v) is 8.15. The molecule has 8 nitrogen and oxygen atoms in total. The summed E-state index contributed by atoms with van der Waals surface area (Å²) >= 11 is 1.10. The molecule has 2 atom stereocenters. The minimum atomic E-state index is -5.74. The second-order valence-electron chi connectivity index (χ2n) is 6.01. The number of nitrogens with zero attached hydrogens (tertiary/aromatic N) is 1. The van der Waals surface area contributed by atoms with Crippen LogP contribution < -0.4 is 4.72 Å². The normalized spacial score (nSPS) is 26.2. The summed E-state index contributed by atoms with van der Waals surface area (Å²) in [5.74, 6) is -0.559. The van der Waals surface area contributed by atoms with E-state index in [1.165, 1.54) is 0 Å². The molecule has 0 amide bonds. The summed E-state index contributed by atoms with van der Waals surface area (Å²) in [6.45, 7) is 3.45. The van der Waals surface area contributed by atoms with Gasteiger partial charge in [0.15, 0.2) is 0 Å². The van der Waals surface area contributed by atoms with Crippen molar-refractivity contribution in [3.63, 3.8) is 0 Å². The van der Waals surface area contributed by atoms with Gasteiger partial charge in [0.2, 0.25) is 5.90 Å². The molecule has 154 valence electrons. The topological polar surface area (TPSA) is 103 Å². The van der Waals surface area contributed by atoms with Crippen LogP contribution in [0.5, 0.6) is 0 Å². The van der Waals surface area contributed by atoms with Gasteiger partial charge in [-0.25, -0.2) is 4.72 Å². The van der Waals surface area contributed by atoms with E-state index in [1.54, 1.807) is 6.92 Å². The zero-order valence-corrected chi connectivity index (χ0v) is 16.2. The summed E-state index contributed by atoms with van der Waals surface area (Å²) in [6, 6.07) is -0.163. The Kier molecular flexibility index (Phi) is 6.68. The molecule has 0 aromatic heterocycles. The SMILES string of the molecule is CCOC(=O)C1(COC2=NSNC2C)CC=C(OS(=O)(=O)C(F)(F)F)CC1. The van der Waals surface area contributed by atoms with Crippen LogP contribution in [0, 0.1) is 5.41 Å². The molecule has 0 spiro atoms. The Balaban J connectivity index is 2.12. The van der Waals surface area contributed by atoms with Gasteiger partial charge in [-0.1, -0.05) is 0 Å². The Labute approximate surface area is 158 Å². The van der Waals surface area contributed by atoms with Crippen molar-refractivity contribution >= 4 is 34.1 Å². The predicted molar refractivity (Wildman–Crippen MR) is 90.6 cm³/mol. The van der Waals surface area contributed by atoms with E-state index in [2.05, 4.69) is 13.3 Å². The molecule has 0 saturated heterocycles. The van der Waals surface area contributed by atoms with Crippen LogP contribution in [0.4, 0.5) is 13.2 Å². The molecule has 0 saturated carbocycles. The van der Waals surface area contributed by atoms with Crippen molar-refractivity contribution < 1.29 is 40.0 Å². The fraction of sp³-hybridized carbons (Fsp3) is 0.714. The van der Waals surface area contributed by atoms with Crippen LogP contribution in [0.2, 0.25) is 0 Å². The van der Waals surface area contributed by atoms with E-state index in [1.807, 2.05) is 6.92 Å². The molecular formula is C14H19F3N2O6S2. The first-order chi connectivity index (χ1) is 12.5. The Morgan fingerprint density at radius 2 is 2.19 bits per heavy atom. The smallest absolute Gasteiger partial charge is 0.478 e. The summed E-state index contributed by atoms with van der Waals surface area (Å²) in [5, 5.41) is 0. The molecule has 2 aliphatic rings. The van der Waals surface area contributed by atoms with Crippen LogP contribution in [-0.4, -0.2) is 45.0 Å². The van der Waals surface area contributed by atoms with Gasteiger partial charge in [-0.05, 0) is 32.8 Å². The van der Waals surface area contributed by atoms with Crippen LogP contribution in [0.3, 0.4) is 0 Å². The van der Waals surface area contributed by atoms with Gasteiger partial charge in [0.25, 0.3) is 0 Å². The van der Waals surface area contributed by atoms with E-state index in [0.29, 0.717) is 5.90 Å². The highest BCUT2D eigenvalue weighted by Gasteiger charge is 2.50. The molecule has 0 bridgehead atoms. The van der Waals surface area contributed by atoms with Gasteiger partial charge in [-0.2, -0.15) is 26.0 Å². The average molecular weight is 432 g/mol. The van der Waals surface area contributed by atoms with Crippen LogP contribution in [0.1, 0.15) is 33.1 Å². The number of allylic oxidation sites excluding steroid dienone is 2. The third kappa shape index (κ3) is 5.08. The number of esters is 1. The first kappa shape index (κ1) is 21.8. The van der Waals surface area contributed by atoms with Crippen molar-refractivity contribution in [3.05, 3.63) is 11.8 Å². The maximum absolute atomic E-state index is 12.4. The summed E-state index contributed by atoms with van der Waals surface area (Å²) in [4.78, 5) is 12.4. The molecule has 1 heterocycles. The number of carbonyl (C=O) groups is 1. The fourth-order valence-electron chi connectivity index (χ4n) is 2.44. The van der Waals surface area contributed by atoms with Gasteiger partial charge in [0, 0.05) is 6.42 Å². The van der Waals surface area contributed by atoms with Crippen LogP contribution in [0.25, 0.3) is 0 Å². The zero-order valence-electron chi connectivity index (χ0n) is 14.5. The third-order valence-electron chi connectivity index (χ3n) is 4.01. The second kappa shape index (κ2) is 8.27. The molecule has 2 rings (SSSR count). The maximum atomic E-state index is 12.4. The molecule has 1 aliphatic heterocycles. The molecule has 0 aromatic carbocycles. The average Bonchev–Trinajstić information content (AvgIpc) is 2.98. The standard InChI is InChI=1S/C14H19F3N2O6S2/c1-3-23-12(20)13(8-24-11-9(2)18-26-19-11)6-4-10(5-7-13)25-27(21,22)14(15,16)17/h4,9,18H,3,5-8H2,1-2H3. The van der Waals surface area contributed by atoms with Crippen molar-refractivity contribution in [2.24, 2.45) is 9.81 Å². The molecule has 1 aliphatic carbocycles. The van der Waals surface area contributed by atoms with Crippen molar-refractivity contribution in [3.8, 4) is 0 Å². The van der Waals surface area contributed by atoms with E-state index in [4.69, 9.17) is 9.47 Å². The highest BCUT2D eigenvalue weighted by molar-refractivity contribution is 7.96. The monoisotopic (exact) mass is 432 g/mol. The lowest BCUT2D eigenvalue weighted by Crippen LogP contribution is -2.41. The van der Waals surface area contributed by atoms with E-state index in [0.717, 1.165) is 18.2 Å². The summed E-state index contributed by atoms with van der Waals surface area (Å²) in [7, 11) is -5.74. The van der Waals surface area contributed by atoms with E-state index < -0.39 is 27.0 Å². The molecule has 2 unspecified atom stereocenters. The largest absolute Gasteiger partial charge is 0.534 e. The summed E-state index contributed by atoms with van der Waals surface area (Å²) in [6.07, 6.45) is 0.885. The van der Waals surface area contributed by atoms with Gasteiger partial charge in [-0.3, -0.25) is 4.79 Å². The summed E-state index contributed by atoms with van der Waals surface area (Å²) in [5.41, 5.74) is -6.69. The van der Waals surface area contributed by atoms with Crippen molar-refractivity contribution in [2.75, 3.05) is 13.2 Å². The van der Waals surface area contributed by atoms with Crippen molar-refractivity contribution in [1.82, 2.24) is 4.72 Å². The minimum Gasteiger partial charge on any atom is -0.478 e. The highest BCUT2D eigenvalue weighted by Crippen LogP contribution is 2.39. The minimum absolute atomic E-state index is 0.00722. The molecular weight excluding hydrogens is 413 g/mol. The number of carbonyl (C=O) groups excluding carboxylic acids is 1. The molecule has 27 heavy (non-hydrogen) atoms. The zero-order chi connectivity index (χ0) is 20.3. The maximum Gasteiger partial charge on any atom is 0.534 e. The van der Waals surface area contributed by atoms with E-state index >= 15 is 0 Å². The van der Waals surface area contributed by atoms with Crippen molar-refractivity contribution in [1.29, 1.82) is 0 Å². The number of ether oxygens (including phenoxy) is 2.